The maximum absolute atomic E-state index is 12.2. The van der Waals surface area contributed by atoms with Crippen LogP contribution in [0.5, 0.6) is 11.5 Å². The Hall–Kier alpha value is -3.25. The lowest BCUT2D eigenvalue weighted by Crippen LogP contribution is -2.27. The summed E-state index contributed by atoms with van der Waals surface area (Å²) in [5, 5.41) is 3.83. The van der Waals surface area contributed by atoms with Gasteiger partial charge >= 0.3 is 0 Å². The molecule has 1 aromatic heterocycles. The van der Waals surface area contributed by atoms with Gasteiger partial charge in [-0.05, 0) is 35.9 Å². The highest BCUT2D eigenvalue weighted by atomic mass is 16.5. The first kappa shape index (κ1) is 19.5. The van der Waals surface area contributed by atoms with E-state index < -0.39 is 0 Å². The fraction of sp³-hybridized carbons (Fsp3) is 0.227. The molecule has 0 fully saturated rings. The van der Waals surface area contributed by atoms with E-state index in [-0.39, 0.29) is 12.0 Å². The van der Waals surface area contributed by atoms with Crippen molar-refractivity contribution in [1.82, 2.24) is 5.32 Å². The molecule has 1 atom stereocenters. The first-order chi connectivity index (χ1) is 13.6. The second-order valence-corrected chi connectivity index (χ2v) is 6.10. The molecule has 0 saturated carbocycles. The Bertz CT molecular complexity index is 943. The average molecular weight is 381 g/mol. The zero-order chi connectivity index (χ0) is 19.9. The average Bonchev–Trinajstić information content (AvgIpc) is 3.16. The van der Waals surface area contributed by atoms with Crippen molar-refractivity contribution in [1.29, 1.82) is 0 Å². The smallest absolute Gasteiger partial charge is 0.244 e. The van der Waals surface area contributed by atoms with Crippen LogP contribution in [0.2, 0.25) is 0 Å². The standard InChI is InChI=1S/C22H23NO5/c1-25-18-10-8-15(12-19(18)26-2)9-11-22(24)23-14-21(27-3)20-13-16-6-4-5-7-17(16)28-20/h4-13,21H,14H2,1-3H3,(H,23,24). The Labute approximate surface area is 163 Å². The highest BCUT2D eigenvalue weighted by Gasteiger charge is 2.16. The molecule has 6 heteroatoms. The summed E-state index contributed by atoms with van der Waals surface area (Å²) >= 11 is 0. The van der Waals surface area contributed by atoms with Crippen LogP contribution in [0.1, 0.15) is 17.4 Å². The summed E-state index contributed by atoms with van der Waals surface area (Å²) in [5.41, 5.74) is 1.62. The molecule has 0 aliphatic heterocycles. The molecule has 0 bridgehead atoms. The molecule has 3 rings (SSSR count). The number of methoxy groups -OCH3 is 3. The number of hydrogen-bond acceptors (Lipinski definition) is 5. The molecule has 0 aliphatic rings. The van der Waals surface area contributed by atoms with E-state index in [0.717, 1.165) is 16.5 Å². The van der Waals surface area contributed by atoms with Crippen LogP contribution in [0.25, 0.3) is 17.0 Å². The summed E-state index contributed by atoms with van der Waals surface area (Å²) in [7, 11) is 4.74. The van der Waals surface area contributed by atoms with Gasteiger partial charge in [0.05, 0.1) is 20.8 Å². The van der Waals surface area contributed by atoms with Gasteiger partial charge in [0.1, 0.15) is 17.4 Å². The lowest BCUT2D eigenvalue weighted by Gasteiger charge is -2.12. The summed E-state index contributed by atoms with van der Waals surface area (Å²) in [6.07, 6.45) is 2.80. The van der Waals surface area contributed by atoms with Crippen LogP contribution in [0, 0.1) is 0 Å². The molecule has 28 heavy (non-hydrogen) atoms. The monoisotopic (exact) mass is 381 g/mol. The molecule has 1 heterocycles. The van der Waals surface area contributed by atoms with Gasteiger partial charge in [-0.3, -0.25) is 4.79 Å². The molecule has 3 aromatic rings. The van der Waals surface area contributed by atoms with E-state index in [9.17, 15) is 4.79 Å². The fourth-order valence-electron chi connectivity index (χ4n) is 2.84. The molecule has 146 valence electrons. The molecule has 1 N–H and O–H groups in total. The van der Waals surface area contributed by atoms with E-state index in [0.29, 0.717) is 23.8 Å². The normalized spacial score (nSPS) is 12.2. The minimum absolute atomic E-state index is 0.229. The van der Waals surface area contributed by atoms with Crippen molar-refractivity contribution in [2.24, 2.45) is 0 Å². The predicted molar refractivity (Wildman–Crippen MR) is 108 cm³/mol. The Morgan fingerprint density at radius 2 is 1.86 bits per heavy atom. The van der Waals surface area contributed by atoms with Crippen LogP contribution in [0.4, 0.5) is 0 Å². The van der Waals surface area contributed by atoms with E-state index in [4.69, 9.17) is 18.6 Å². The third-order valence-electron chi connectivity index (χ3n) is 4.34. The number of furan rings is 1. The minimum atomic E-state index is -0.370. The van der Waals surface area contributed by atoms with Gasteiger partial charge in [-0.25, -0.2) is 0 Å². The quantitative estimate of drug-likeness (QED) is 0.598. The van der Waals surface area contributed by atoms with Crippen molar-refractivity contribution in [3.8, 4) is 11.5 Å². The number of benzene rings is 2. The number of fused-ring (bicyclic) bond motifs is 1. The second-order valence-electron chi connectivity index (χ2n) is 6.10. The highest BCUT2D eigenvalue weighted by molar-refractivity contribution is 5.91. The number of para-hydroxylation sites is 1. The highest BCUT2D eigenvalue weighted by Crippen LogP contribution is 2.28. The maximum atomic E-state index is 12.2. The first-order valence-corrected chi connectivity index (χ1v) is 8.83. The maximum Gasteiger partial charge on any atom is 0.244 e. The number of hydrogen-bond donors (Lipinski definition) is 1. The third-order valence-corrected chi connectivity index (χ3v) is 4.34. The first-order valence-electron chi connectivity index (χ1n) is 8.83. The van der Waals surface area contributed by atoms with E-state index >= 15 is 0 Å². The van der Waals surface area contributed by atoms with Crippen LogP contribution >= 0.6 is 0 Å². The topological polar surface area (TPSA) is 69.9 Å². The Balaban J connectivity index is 1.61. The number of rotatable bonds is 8. The van der Waals surface area contributed by atoms with Crippen molar-refractivity contribution >= 4 is 23.0 Å². The third kappa shape index (κ3) is 4.53. The molecule has 0 spiro atoms. The molecular weight excluding hydrogens is 358 g/mol. The van der Waals surface area contributed by atoms with Crippen molar-refractivity contribution in [2.45, 2.75) is 6.10 Å². The van der Waals surface area contributed by atoms with E-state index in [1.54, 1.807) is 39.5 Å². The van der Waals surface area contributed by atoms with Crippen LogP contribution in [-0.2, 0) is 9.53 Å². The van der Waals surface area contributed by atoms with Crippen molar-refractivity contribution in [3.63, 3.8) is 0 Å². The van der Waals surface area contributed by atoms with Crippen LogP contribution in [0.3, 0.4) is 0 Å². The van der Waals surface area contributed by atoms with E-state index in [1.807, 2.05) is 36.4 Å². The van der Waals surface area contributed by atoms with Crippen LogP contribution in [-0.4, -0.2) is 33.8 Å². The second kappa shape index (κ2) is 9.10. The van der Waals surface area contributed by atoms with Crippen LogP contribution < -0.4 is 14.8 Å². The number of carbonyl (C=O) groups excluding carboxylic acids is 1. The Kier molecular flexibility index (Phi) is 6.34. The van der Waals surface area contributed by atoms with Gasteiger partial charge < -0.3 is 23.9 Å². The zero-order valence-corrected chi connectivity index (χ0v) is 16.1. The fourth-order valence-corrected chi connectivity index (χ4v) is 2.84. The summed E-state index contributed by atoms with van der Waals surface area (Å²) in [6, 6.07) is 15.1. The summed E-state index contributed by atoms with van der Waals surface area (Å²) in [6.45, 7) is 0.297. The largest absolute Gasteiger partial charge is 0.493 e. The molecule has 0 saturated heterocycles. The molecular formula is C22H23NO5. The molecule has 0 aliphatic carbocycles. The number of amides is 1. The van der Waals surface area contributed by atoms with Gasteiger partial charge in [-0.1, -0.05) is 24.3 Å². The molecule has 1 unspecified atom stereocenters. The minimum Gasteiger partial charge on any atom is -0.493 e. The summed E-state index contributed by atoms with van der Waals surface area (Å²) < 4.78 is 21.8. The van der Waals surface area contributed by atoms with Gasteiger partial charge in [0.15, 0.2) is 11.5 Å². The van der Waals surface area contributed by atoms with Crippen molar-refractivity contribution in [3.05, 3.63) is 65.9 Å². The van der Waals surface area contributed by atoms with Gasteiger partial charge in [0.2, 0.25) is 5.91 Å². The lowest BCUT2D eigenvalue weighted by molar-refractivity contribution is -0.117. The molecule has 6 nitrogen and oxygen atoms in total. The molecule has 0 radical (unpaired) electrons. The van der Waals surface area contributed by atoms with E-state index in [1.165, 1.54) is 6.08 Å². The number of nitrogens with one attached hydrogen (secondary N) is 1. The Morgan fingerprint density at radius 1 is 1.07 bits per heavy atom. The van der Waals surface area contributed by atoms with Gasteiger partial charge in [-0.15, -0.1) is 0 Å². The number of carbonyl (C=O) groups is 1. The van der Waals surface area contributed by atoms with Gasteiger partial charge in [-0.2, -0.15) is 0 Å². The molecule has 2 aromatic carbocycles. The van der Waals surface area contributed by atoms with Crippen molar-refractivity contribution < 1.29 is 23.4 Å². The van der Waals surface area contributed by atoms with E-state index in [2.05, 4.69) is 5.32 Å². The van der Waals surface area contributed by atoms with Crippen molar-refractivity contribution in [2.75, 3.05) is 27.9 Å². The van der Waals surface area contributed by atoms with Gasteiger partial charge in [0, 0.05) is 18.6 Å². The summed E-state index contributed by atoms with van der Waals surface area (Å²) in [5.74, 6) is 1.69. The number of ether oxygens (including phenoxy) is 3. The SMILES string of the molecule is COc1ccc(C=CC(=O)NCC(OC)c2cc3ccccc3o2)cc1OC. The lowest BCUT2D eigenvalue weighted by atomic mass is 10.2. The molecule has 1 amide bonds. The van der Waals surface area contributed by atoms with Crippen LogP contribution in [0.15, 0.2) is 59.0 Å². The predicted octanol–water partition coefficient (Wildman–Crippen LogP) is 3.97. The Morgan fingerprint density at radius 3 is 2.57 bits per heavy atom. The summed E-state index contributed by atoms with van der Waals surface area (Å²) in [4.78, 5) is 12.2. The van der Waals surface area contributed by atoms with Gasteiger partial charge in [0.25, 0.3) is 0 Å². The zero-order valence-electron chi connectivity index (χ0n) is 16.1.